The van der Waals surface area contributed by atoms with Crippen molar-refractivity contribution in [3.05, 3.63) is 11.6 Å². The fourth-order valence-electron chi connectivity index (χ4n) is 10.7. The van der Waals surface area contributed by atoms with E-state index < -0.39 is 0 Å². The van der Waals surface area contributed by atoms with E-state index in [-0.39, 0.29) is 11.5 Å². The van der Waals surface area contributed by atoms with Gasteiger partial charge in [0.2, 0.25) is 0 Å². The molecule has 3 heteroatoms. The Balaban J connectivity index is 1.12. The first-order valence-electron chi connectivity index (χ1n) is 18.9. The van der Waals surface area contributed by atoms with Crippen LogP contribution >= 0.6 is 12.6 Å². The fraction of sp³-hybridized carbons (Fsp3) is 0.949. The molecule has 0 aliphatic heterocycles. The van der Waals surface area contributed by atoms with Crippen LogP contribution in [-0.2, 0) is 4.74 Å². The molecule has 0 amide bonds. The van der Waals surface area contributed by atoms with Gasteiger partial charge in [0.15, 0.2) is 0 Å². The highest BCUT2D eigenvalue weighted by atomic mass is 32.1. The average Bonchev–Trinajstić information content (AvgIpc) is 3.33. The third kappa shape index (κ3) is 8.43. The fourth-order valence-corrected chi connectivity index (χ4v) is 10.9. The maximum absolute atomic E-state index is 10.3. The van der Waals surface area contributed by atoms with Crippen molar-refractivity contribution in [1.82, 2.24) is 0 Å². The zero-order chi connectivity index (χ0) is 30.2. The molecule has 10 atom stereocenters. The summed E-state index contributed by atoms with van der Waals surface area (Å²) < 4.78 is 6.17. The summed E-state index contributed by atoms with van der Waals surface area (Å²) in [4.78, 5) is 0. The highest BCUT2D eigenvalue weighted by Crippen LogP contribution is 2.67. The molecule has 2 nitrogen and oxygen atoms in total. The van der Waals surface area contributed by atoms with Crippen LogP contribution < -0.4 is 0 Å². The van der Waals surface area contributed by atoms with Crippen LogP contribution in [0.2, 0.25) is 0 Å². The van der Waals surface area contributed by atoms with Crippen LogP contribution in [0.15, 0.2) is 11.6 Å². The smallest absolute Gasteiger partial charge is 0.102 e. The average molecular weight is 603 g/mol. The molecule has 0 aromatic rings. The largest absolute Gasteiger partial charge is 0.393 e. The predicted octanol–water partition coefficient (Wildman–Crippen LogP) is 11.6. The van der Waals surface area contributed by atoms with Crippen molar-refractivity contribution in [2.45, 2.75) is 181 Å². The lowest BCUT2D eigenvalue weighted by molar-refractivity contribution is -0.0573. The van der Waals surface area contributed by atoms with Crippen molar-refractivity contribution in [1.29, 1.82) is 0 Å². The molecule has 4 aliphatic rings. The Hall–Kier alpha value is 0.01000. The van der Waals surface area contributed by atoms with Gasteiger partial charge in [-0.25, -0.2) is 0 Å². The van der Waals surface area contributed by atoms with Crippen molar-refractivity contribution in [3.63, 3.8) is 0 Å². The normalized spacial score (nSPS) is 36.5. The van der Waals surface area contributed by atoms with Crippen LogP contribution in [0.3, 0.4) is 0 Å². The molecule has 42 heavy (non-hydrogen) atoms. The van der Waals surface area contributed by atoms with Gasteiger partial charge in [-0.05, 0) is 111 Å². The second kappa shape index (κ2) is 16.5. The van der Waals surface area contributed by atoms with Crippen LogP contribution in [0, 0.1) is 46.3 Å². The Bertz CT molecular complexity index is 825. The van der Waals surface area contributed by atoms with Gasteiger partial charge in [0, 0.05) is 6.61 Å². The zero-order valence-electron chi connectivity index (χ0n) is 28.6. The first-order valence-corrected chi connectivity index (χ1v) is 19.4. The molecule has 0 bridgehead atoms. The molecule has 244 valence electrons. The minimum atomic E-state index is -0.0944. The van der Waals surface area contributed by atoms with Crippen LogP contribution in [0.25, 0.3) is 0 Å². The van der Waals surface area contributed by atoms with Gasteiger partial charge in [-0.15, -0.1) is 12.6 Å². The van der Waals surface area contributed by atoms with E-state index in [1.807, 2.05) is 0 Å². The highest BCUT2D eigenvalue weighted by Gasteiger charge is 2.59. The predicted molar refractivity (Wildman–Crippen MR) is 184 cm³/mol. The number of aliphatic hydroxyl groups excluding tert-OH is 1. The number of rotatable bonds is 18. The summed E-state index contributed by atoms with van der Waals surface area (Å²) in [5.74, 6) is 4.89. The lowest BCUT2D eigenvalue weighted by atomic mass is 9.47. The number of ether oxygens (including phenoxy) is 1. The first kappa shape index (κ1) is 34.9. The van der Waals surface area contributed by atoms with Crippen LogP contribution in [0.5, 0.6) is 0 Å². The highest BCUT2D eigenvalue weighted by molar-refractivity contribution is 7.80. The summed E-state index contributed by atoms with van der Waals surface area (Å²) in [6.45, 7) is 13.4. The summed E-state index contributed by atoms with van der Waals surface area (Å²) in [5.41, 5.74) is 2.60. The SMILES string of the molecule is CCCCCCCCCCCCOC(S)C(C)CCC[C@@H](C)[C@H]1CC[C@H]2[C@@H]3CC=C4C[C@@H](O)CC[C@]4(C)[C@H]3CC[C@]12C. The Morgan fingerprint density at radius 2 is 1.55 bits per heavy atom. The molecule has 0 spiro atoms. The first-order chi connectivity index (χ1) is 20.2. The Kier molecular flexibility index (Phi) is 13.7. The maximum atomic E-state index is 10.3. The summed E-state index contributed by atoms with van der Waals surface area (Å²) in [6.07, 6.45) is 30.3. The van der Waals surface area contributed by atoms with Crippen LogP contribution in [-0.4, -0.2) is 23.3 Å². The topological polar surface area (TPSA) is 29.5 Å². The number of allylic oxidation sites excluding steroid dienone is 1. The molecule has 3 fully saturated rings. The molecule has 4 rings (SSSR count). The molecule has 2 unspecified atom stereocenters. The summed E-state index contributed by atoms with van der Waals surface area (Å²) in [6, 6.07) is 0. The standard InChI is InChI=1S/C39H70O2S/c1-6-7-8-9-10-11-12-13-14-15-27-41-37(42)30(3)18-16-17-29(2)34-21-22-35-33-20-19-31-28-32(40)23-25-38(31,4)36(33)24-26-39(34,35)5/h19,29-30,32-37,40,42H,6-18,20-28H2,1-5H3/t29-,30?,32+,33+,34-,35+,36+,37?,38+,39-/m1/s1. The number of fused-ring (bicyclic) bond motifs is 5. The number of unbranched alkanes of at least 4 members (excludes halogenated alkanes) is 9. The van der Waals surface area contributed by atoms with Gasteiger partial charge in [0.1, 0.15) is 5.44 Å². The van der Waals surface area contributed by atoms with Gasteiger partial charge in [-0.3, -0.25) is 0 Å². The van der Waals surface area contributed by atoms with Crippen molar-refractivity contribution in [3.8, 4) is 0 Å². The third-order valence-electron chi connectivity index (χ3n) is 13.4. The van der Waals surface area contributed by atoms with E-state index in [4.69, 9.17) is 17.4 Å². The lowest BCUT2D eigenvalue weighted by Gasteiger charge is -2.58. The molecule has 0 aromatic heterocycles. The molecule has 0 radical (unpaired) electrons. The molecular weight excluding hydrogens is 532 g/mol. The molecule has 4 aliphatic carbocycles. The number of aliphatic hydroxyl groups is 1. The van der Waals surface area contributed by atoms with Gasteiger partial charge in [0.05, 0.1) is 6.10 Å². The van der Waals surface area contributed by atoms with E-state index in [2.05, 4.69) is 40.7 Å². The Labute approximate surface area is 267 Å². The van der Waals surface area contributed by atoms with E-state index in [9.17, 15) is 5.11 Å². The van der Waals surface area contributed by atoms with E-state index in [1.165, 1.54) is 122 Å². The third-order valence-corrected chi connectivity index (χ3v) is 14.1. The van der Waals surface area contributed by atoms with Crippen LogP contribution in [0.4, 0.5) is 0 Å². The van der Waals surface area contributed by atoms with Crippen molar-refractivity contribution in [2.24, 2.45) is 46.3 Å². The van der Waals surface area contributed by atoms with Crippen LogP contribution in [0.1, 0.15) is 169 Å². The minimum Gasteiger partial charge on any atom is -0.393 e. The zero-order valence-corrected chi connectivity index (χ0v) is 29.4. The molecular formula is C39H70O2S. The van der Waals surface area contributed by atoms with E-state index >= 15 is 0 Å². The lowest BCUT2D eigenvalue weighted by Crippen LogP contribution is -2.50. The number of hydrogen-bond donors (Lipinski definition) is 2. The second-order valence-electron chi connectivity index (χ2n) is 16.2. The summed E-state index contributed by atoms with van der Waals surface area (Å²) in [7, 11) is 0. The Morgan fingerprint density at radius 1 is 0.857 bits per heavy atom. The maximum Gasteiger partial charge on any atom is 0.102 e. The van der Waals surface area contributed by atoms with Gasteiger partial charge in [-0.1, -0.05) is 117 Å². The molecule has 0 aromatic carbocycles. The molecule has 3 saturated carbocycles. The molecule has 0 saturated heterocycles. The number of hydrogen-bond acceptors (Lipinski definition) is 3. The van der Waals surface area contributed by atoms with Crippen molar-refractivity contribution >= 4 is 12.6 Å². The molecule has 1 N–H and O–H groups in total. The number of thiol groups is 1. The quantitative estimate of drug-likeness (QED) is 0.0707. The van der Waals surface area contributed by atoms with E-state index in [0.717, 1.165) is 49.0 Å². The van der Waals surface area contributed by atoms with Gasteiger partial charge in [-0.2, -0.15) is 0 Å². The summed E-state index contributed by atoms with van der Waals surface area (Å²) >= 11 is 4.86. The van der Waals surface area contributed by atoms with E-state index in [1.54, 1.807) is 5.57 Å². The second-order valence-corrected chi connectivity index (χ2v) is 16.7. The summed E-state index contributed by atoms with van der Waals surface area (Å²) in [5, 5.41) is 10.3. The van der Waals surface area contributed by atoms with Crippen molar-refractivity contribution in [2.75, 3.05) is 6.61 Å². The Morgan fingerprint density at radius 3 is 2.26 bits per heavy atom. The van der Waals surface area contributed by atoms with Gasteiger partial charge >= 0.3 is 0 Å². The minimum absolute atomic E-state index is 0.0917. The van der Waals surface area contributed by atoms with Gasteiger partial charge in [0.25, 0.3) is 0 Å². The monoisotopic (exact) mass is 603 g/mol. The molecule has 0 heterocycles. The van der Waals surface area contributed by atoms with E-state index in [0.29, 0.717) is 16.7 Å². The van der Waals surface area contributed by atoms with Crippen molar-refractivity contribution < 1.29 is 9.84 Å². The van der Waals surface area contributed by atoms with Gasteiger partial charge < -0.3 is 9.84 Å².